The minimum atomic E-state index is -1.13. The number of aliphatic hydroxyl groups is 2. The fourth-order valence-electron chi connectivity index (χ4n) is 15.4. The van der Waals surface area contributed by atoms with E-state index >= 15 is 0 Å². The van der Waals surface area contributed by atoms with Crippen LogP contribution >= 0.6 is 0 Å². The van der Waals surface area contributed by atoms with Crippen molar-refractivity contribution in [2.45, 2.75) is 265 Å². The fourth-order valence-corrected chi connectivity index (χ4v) is 15.4. The van der Waals surface area contributed by atoms with E-state index in [-0.39, 0.29) is 158 Å². The number of nitrogens with two attached hydrogens (primary N) is 1. The zero-order valence-electron chi connectivity index (χ0n) is 58.4. The molecule has 1 aromatic rings. The number of amides is 8. The number of ketones is 1. The van der Waals surface area contributed by atoms with E-state index in [9.17, 15) is 53.4 Å². The molecule has 9 fully saturated rings. The van der Waals surface area contributed by atoms with E-state index in [0.717, 1.165) is 30.4 Å². The number of carbonyl (C=O) groups is 9. The molecule has 0 aliphatic carbocycles. The molecule has 560 valence electrons. The van der Waals surface area contributed by atoms with E-state index in [2.05, 4.69) is 46.7 Å². The summed E-state index contributed by atoms with van der Waals surface area (Å²) in [7, 11) is 1.57. The number of benzene rings is 1. The Morgan fingerprint density at radius 2 is 1.48 bits per heavy atom. The molecule has 9 heterocycles. The number of nitrogens with zero attached hydrogens (tertiary/aromatic N) is 1. The summed E-state index contributed by atoms with van der Waals surface area (Å²) in [6.07, 6.45) is -0.717. The van der Waals surface area contributed by atoms with Crippen LogP contribution in [0.4, 0.5) is 15.3 Å². The Kier molecular flexibility index (Phi) is 27.3. The second kappa shape index (κ2) is 35.8. The summed E-state index contributed by atoms with van der Waals surface area (Å²) in [5.74, 6) is -5.48. The first-order chi connectivity index (χ1) is 48.4. The number of urea groups is 1. The minimum absolute atomic E-state index is 0.0209. The van der Waals surface area contributed by atoms with Crippen molar-refractivity contribution in [1.82, 2.24) is 26.3 Å². The maximum absolute atomic E-state index is 14.5. The molecule has 10 unspecified atom stereocenters. The molecule has 8 amide bonds. The summed E-state index contributed by atoms with van der Waals surface area (Å²) < 4.78 is 70.0. The van der Waals surface area contributed by atoms with Crippen molar-refractivity contribution in [1.29, 1.82) is 0 Å². The molecule has 9 N–H and O–H groups in total. The molecule has 9 saturated heterocycles. The molecule has 30 heteroatoms. The highest BCUT2D eigenvalue weighted by molar-refractivity contribution is 6.01. The van der Waals surface area contributed by atoms with Crippen LogP contribution in [0.1, 0.15) is 155 Å². The number of anilines is 1. The van der Waals surface area contributed by atoms with Crippen LogP contribution in [0.25, 0.3) is 0 Å². The molecule has 10 bridgehead atoms. The number of aliphatic hydroxyl groups excluding tert-OH is 2. The molecule has 30 nitrogen and oxygen atoms in total. The number of hydrogen-bond acceptors (Lipinski definition) is 23. The number of primary amides is 1. The van der Waals surface area contributed by atoms with Gasteiger partial charge in [-0.2, -0.15) is 0 Å². The summed E-state index contributed by atoms with van der Waals surface area (Å²) in [6.45, 7) is 14.3. The third-order valence-corrected chi connectivity index (χ3v) is 20.8. The normalized spacial score (nSPS) is 32.7. The number of hydroxylamine groups is 2. The van der Waals surface area contributed by atoms with Crippen molar-refractivity contribution >= 4 is 59.1 Å². The maximum atomic E-state index is 14.5. The van der Waals surface area contributed by atoms with Gasteiger partial charge in [0.25, 0.3) is 11.8 Å². The van der Waals surface area contributed by atoms with Gasteiger partial charge in [0, 0.05) is 96.0 Å². The topological polar surface area (TPSA) is 394 Å². The second-order valence-corrected chi connectivity index (χ2v) is 28.7. The Labute approximate surface area is 588 Å². The van der Waals surface area contributed by atoms with Gasteiger partial charge in [0.05, 0.1) is 112 Å². The number of Topliss-reactive ketones (excluding diaryl/α,β-unsaturated/α-hetero) is 1. The number of ether oxygens (including phenoxy) is 11. The second-order valence-electron chi connectivity index (χ2n) is 28.7. The van der Waals surface area contributed by atoms with E-state index in [0.29, 0.717) is 67.7 Å². The van der Waals surface area contributed by atoms with E-state index < -0.39 is 126 Å². The standard InChI is InChI=1S/C71H103N7O23/c1-38(2)63(77-59(82)20-24-91-26-27-92-25-21-62(85)101-78-60(83)17-18-61(78)84)68(87)76-50(8-7-23-73-69(72)88)67(86)75-43-11-9-42(10-12-43)37-93-70(89)74-36-45(80)32-56-64(90-6)49-31-44(79)30-47-14-16-53-66(96-47)58-34-57(97-53)65-51(81)35-71(99-58,100-65)22-19-48-29-40(4)52(94-48)15-13-46-28-39(3)41(5)54(95-46)33-55(49)98-56/h9-12,38-39,45-58,63-66,80-81H,4-5,7-8,13-37H2,1-3,6H3,(H,74,89)(H,75,86)(H,76,87)(H,77,82)(H3,72,73,88)/t39-,45?,46+,47?,48?,49?,50?,51-,52?,53+,54?,55?,56-,57-,58?,63+,64-,65?,66+,71-/m1/s1. The highest BCUT2D eigenvalue weighted by Gasteiger charge is 2.60. The molecule has 20 atom stereocenters. The van der Waals surface area contributed by atoms with Gasteiger partial charge in [0.1, 0.15) is 36.7 Å². The first-order valence-corrected chi connectivity index (χ1v) is 36.0. The van der Waals surface area contributed by atoms with Gasteiger partial charge in [-0.15, -0.1) is 5.06 Å². The Hall–Kier alpha value is -6.55. The lowest BCUT2D eigenvalue weighted by molar-refractivity contribution is -0.277. The molecular weight excluding hydrogens is 1320 g/mol. The Bertz CT molecular complexity index is 3090. The quantitative estimate of drug-likeness (QED) is 0.0352. The number of fused-ring (bicyclic) bond motifs is 9. The van der Waals surface area contributed by atoms with Crippen LogP contribution in [0.15, 0.2) is 48.6 Å². The highest BCUT2D eigenvalue weighted by atomic mass is 16.7. The van der Waals surface area contributed by atoms with E-state index in [1.54, 1.807) is 45.2 Å². The molecule has 9 aliphatic heterocycles. The number of methoxy groups -OCH3 is 1. The van der Waals surface area contributed by atoms with E-state index in [4.69, 9.17) is 62.7 Å². The number of carbonyl (C=O) groups excluding carboxylic acids is 9. The average Bonchev–Trinajstić information content (AvgIpc) is 1.62. The van der Waals surface area contributed by atoms with Gasteiger partial charge in [-0.3, -0.25) is 28.8 Å². The van der Waals surface area contributed by atoms with E-state index in [1.807, 2.05) is 0 Å². The summed E-state index contributed by atoms with van der Waals surface area (Å²) in [4.78, 5) is 120. The summed E-state index contributed by atoms with van der Waals surface area (Å²) >= 11 is 0. The van der Waals surface area contributed by atoms with Gasteiger partial charge in [-0.25, -0.2) is 14.4 Å². The molecule has 101 heavy (non-hydrogen) atoms. The van der Waals surface area contributed by atoms with Gasteiger partial charge in [0.15, 0.2) is 5.79 Å². The molecule has 0 saturated carbocycles. The van der Waals surface area contributed by atoms with Crippen molar-refractivity contribution < 1.29 is 110 Å². The molecule has 0 radical (unpaired) electrons. The monoisotopic (exact) mass is 1420 g/mol. The predicted molar refractivity (Wildman–Crippen MR) is 356 cm³/mol. The van der Waals surface area contributed by atoms with Crippen molar-refractivity contribution in [2.24, 2.45) is 23.5 Å². The van der Waals surface area contributed by atoms with Crippen molar-refractivity contribution in [3.8, 4) is 0 Å². The van der Waals surface area contributed by atoms with Gasteiger partial charge in [-0.05, 0) is 98.5 Å². The number of rotatable bonds is 27. The summed E-state index contributed by atoms with van der Waals surface area (Å²) in [5, 5.41) is 36.6. The molecule has 1 spiro atoms. The first kappa shape index (κ1) is 77.1. The van der Waals surface area contributed by atoms with Gasteiger partial charge < -0.3 is 99.5 Å². The van der Waals surface area contributed by atoms with Gasteiger partial charge in [0.2, 0.25) is 17.7 Å². The Balaban J connectivity index is 0.692. The number of nitrogens with one attached hydrogen (secondary N) is 5. The number of imide groups is 1. The fraction of sp³-hybridized carbons (Fsp3) is 0.732. The molecule has 0 aromatic heterocycles. The molecule has 1 aromatic carbocycles. The maximum Gasteiger partial charge on any atom is 0.407 e. The minimum Gasteiger partial charge on any atom is -0.445 e. The lowest BCUT2D eigenvalue weighted by atomic mass is 9.81. The number of alkyl carbamates (subject to hydrolysis) is 1. The zero-order valence-corrected chi connectivity index (χ0v) is 58.4. The average molecular weight is 1420 g/mol. The van der Waals surface area contributed by atoms with Crippen LogP contribution in [0.3, 0.4) is 0 Å². The first-order valence-electron chi connectivity index (χ1n) is 36.0. The summed E-state index contributed by atoms with van der Waals surface area (Å²) in [5.41, 5.74) is 8.13. The van der Waals surface area contributed by atoms with Gasteiger partial charge >= 0.3 is 18.1 Å². The lowest BCUT2D eigenvalue weighted by Gasteiger charge is -2.47. The zero-order chi connectivity index (χ0) is 72.1. The van der Waals surface area contributed by atoms with Crippen LogP contribution < -0.4 is 32.3 Å². The molecule has 10 rings (SSSR count). The largest absolute Gasteiger partial charge is 0.445 e. The predicted octanol–water partition coefficient (Wildman–Crippen LogP) is 3.82. The van der Waals surface area contributed by atoms with Gasteiger partial charge in [-0.1, -0.05) is 46.1 Å². The Morgan fingerprint density at radius 3 is 2.21 bits per heavy atom. The summed E-state index contributed by atoms with van der Waals surface area (Å²) in [6, 6.07) is 3.48. The smallest absolute Gasteiger partial charge is 0.407 e. The SMILES string of the molecule is C=C1CC2CC[C@]34C[C@@H](O)C(O3)[C@H]3CC(O4)[C@H]4OC(CC[C@@H]4O3)CC(=O)CC3C(CC4O[C@@H](CCC1O2)C[C@@H](C)C4=C)O[C@H](CC(O)CNC(=O)OCc1ccc(NC(=O)C(CCCNC(N)=O)NC(=O)[C@@H](NC(=O)CCOCCOCCC(=O)ON2C(=O)CCC2=O)C(C)C)cc1)[C@@H]3OC. The van der Waals surface area contributed by atoms with Crippen LogP contribution in [0.5, 0.6) is 0 Å². The van der Waals surface area contributed by atoms with E-state index in [1.165, 1.54) is 0 Å². The molecule has 9 aliphatic rings. The van der Waals surface area contributed by atoms with Crippen LogP contribution in [0, 0.1) is 17.8 Å². The van der Waals surface area contributed by atoms with Crippen LogP contribution in [0.2, 0.25) is 0 Å². The lowest BCUT2D eigenvalue weighted by Crippen LogP contribution is -2.58. The third kappa shape index (κ3) is 20.9. The van der Waals surface area contributed by atoms with Crippen LogP contribution in [-0.2, 0) is 97.1 Å². The van der Waals surface area contributed by atoms with Crippen molar-refractivity contribution in [3.05, 3.63) is 54.1 Å². The van der Waals surface area contributed by atoms with Crippen molar-refractivity contribution in [3.63, 3.8) is 0 Å². The number of hydrogen-bond donors (Lipinski definition) is 8. The Morgan fingerprint density at radius 1 is 0.752 bits per heavy atom. The molecular formula is C71H103N7O23. The third-order valence-electron chi connectivity index (χ3n) is 20.8. The van der Waals surface area contributed by atoms with Crippen LogP contribution in [-0.4, -0.2) is 225 Å². The van der Waals surface area contributed by atoms with Crippen molar-refractivity contribution in [2.75, 3.05) is 51.9 Å². The highest BCUT2D eigenvalue weighted by Crippen LogP contribution is 2.49.